The summed E-state index contributed by atoms with van der Waals surface area (Å²) in [5.41, 5.74) is 2.18. The van der Waals surface area contributed by atoms with Crippen molar-refractivity contribution in [3.63, 3.8) is 0 Å². The minimum atomic E-state index is -0.566. The standard InChI is InChI=1S/C16H9ClFN5O/c17-10-6-13-14(7-11(10)18)21-15(20-13)9-5-12(22-23-16(9)24)8-1-3-19-4-2-8/h1-7H,(H,20,21)(H,23,24). The van der Waals surface area contributed by atoms with Crippen molar-refractivity contribution in [2.24, 2.45) is 0 Å². The highest BCUT2D eigenvalue weighted by Crippen LogP contribution is 2.25. The molecule has 0 fully saturated rings. The number of benzene rings is 1. The quantitative estimate of drug-likeness (QED) is 0.586. The van der Waals surface area contributed by atoms with E-state index in [1.54, 1.807) is 30.6 Å². The highest BCUT2D eigenvalue weighted by molar-refractivity contribution is 6.31. The van der Waals surface area contributed by atoms with E-state index in [0.29, 0.717) is 28.1 Å². The van der Waals surface area contributed by atoms with Crippen molar-refractivity contribution < 1.29 is 4.39 Å². The Labute approximate surface area is 139 Å². The van der Waals surface area contributed by atoms with Gasteiger partial charge in [0.25, 0.3) is 5.56 Å². The summed E-state index contributed by atoms with van der Waals surface area (Å²) in [6, 6.07) is 7.82. The maximum atomic E-state index is 13.6. The van der Waals surface area contributed by atoms with Gasteiger partial charge in [-0.3, -0.25) is 9.78 Å². The fraction of sp³-hybridized carbons (Fsp3) is 0. The highest BCUT2D eigenvalue weighted by atomic mass is 35.5. The van der Waals surface area contributed by atoms with E-state index in [4.69, 9.17) is 11.6 Å². The number of hydrogen-bond acceptors (Lipinski definition) is 4. The zero-order valence-corrected chi connectivity index (χ0v) is 12.8. The van der Waals surface area contributed by atoms with Crippen LogP contribution in [0.2, 0.25) is 5.02 Å². The summed E-state index contributed by atoms with van der Waals surface area (Å²) < 4.78 is 13.6. The van der Waals surface area contributed by atoms with Crippen molar-refractivity contribution in [3.8, 4) is 22.6 Å². The second-order valence-electron chi connectivity index (χ2n) is 5.10. The first-order valence-electron chi connectivity index (χ1n) is 6.97. The molecule has 0 aliphatic rings. The number of H-pyrrole nitrogens is 2. The molecule has 0 aliphatic carbocycles. The van der Waals surface area contributed by atoms with Crippen LogP contribution in [0.5, 0.6) is 0 Å². The molecule has 8 heteroatoms. The first-order chi connectivity index (χ1) is 11.6. The molecular weight excluding hydrogens is 333 g/mol. The van der Waals surface area contributed by atoms with Crippen LogP contribution >= 0.6 is 11.6 Å². The lowest BCUT2D eigenvalue weighted by molar-refractivity contribution is 0.630. The summed E-state index contributed by atoms with van der Waals surface area (Å²) in [4.78, 5) is 23.3. The lowest BCUT2D eigenvalue weighted by Crippen LogP contribution is -2.12. The van der Waals surface area contributed by atoms with Gasteiger partial charge in [-0.05, 0) is 24.3 Å². The zero-order chi connectivity index (χ0) is 16.7. The van der Waals surface area contributed by atoms with Crippen molar-refractivity contribution in [2.75, 3.05) is 0 Å². The van der Waals surface area contributed by atoms with Gasteiger partial charge in [0.2, 0.25) is 0 Å². The normalized spacial score (nSPS) is 11.1. The molecule has 3 aromatic heterocycles. The maximum absolute atomic E-state index is 13.6. The van der Waals surface area contributed by atoms with Crippen LogP contribution in [-0.4, -0.2) is 25.1 Å². The van der Waals surface area contributed by atoms with Crippen LogP contribution in [0, 0.1) is 5.82 Å². The molecule has 4 rings (SSSR count). The average Bonchev–Trinajstić information content (AvgIpc) is 2.99. The number of fused-ring (bicyclic) bond motifs is 1. The summed E-state index contributed by atoms with van der Waals surface area (Å²) in [7, 11) is 0. The van der Waals surface area contributed by atoms with E-state index in [-0.39, 0.29) is 5.02 Å². The van der Waals surface area contributed by atoms with Gasteiger partial charge in [0.15, 0.2) is 0 Å². The Hall–Kier alpha value is -3.06. The Balaban J connectivity index is 1.88. The SMILES string of the molecule is O=c1[nH]nc(-c2ccncc2)cc1-c1nc2cc(F)c(Cl)cc2[nH]1. The van der Waals surface area contributed by atoms with E-state index < -0.39 is 11.4 Å². The van der Waals surface area contributed by atoms with Crippen LogP contribution in [0.1, 0.15) is 0 Å². The second kappa shape index (κ2) is 5.54. The molecule has 4 aromatic rings. The molecule has 0 spiro atoms. The number of rotatable bonds is 2. The topological polar surface area (TPSA) is 87.3 Å². The van der Waals surface area contributed by atoms with E-state index in [1.165, 1.54) is 12.1 Å². The number of aromatic amines is 2. The molecule has 3 heterocycles. The van der Waals surface area contributed by atoms with Gasteiger partial charge in [0.1, 0.15) is 11.6 Å². The Morgan fingerprint density at radius 3 is 2.71 bits per heavy atom. The van der Waals surface area contributed by atoms with Gasteiger partial charge < -0.3 is 4.98 Å². The van der Waals surface area contributed by atoms with Gasteiger partial charge in [-0.1, -0.05) is 11.6 Å². The fourth-order valence-corrected chi connectivity index (χ4v) is 2.55. The first-order valence-corrected chi connectivity index (χ1v) is 7.35. The molecule has 2 N–H and O–H groups in total. The lowest BCUT2D eigenvalue weighted by Gasteiger charge is -2.01. The molecule has 0 amide bonds. The predicted octanol–water partition coefficient (Wildman–Crippen LogP) is 3.17. The molecule has 0 atom stereocenters. The number of nitrogens with zero attached hydrogens (tertiary/aromatic N) is 3. The number of pyridine rings is 1. The lowest BCUT2D eigenvalue weighted by atomic mass is 10.1. The Morgan fingerprint density at radius 1 is 1.12 bits per heavy atom. The minimum absolute atomic E-state index is 0.0150. The van der Waals surface area contributed by atoms with Gasteiger partial charge >= 0.3 is 0 Å². The van der Waals surface area contributed by atoms with Gasteiger partial charge in [-0.2, -0.15) is 5.10 Å². The Morgan fingerprint density at radius 2 is 1.92 bits per heavy atom. The molecule has 0 saturated carbocycles. The van der Waals surface area contributed by atoms with E-state index in [9.17, 15) is 9.18 Å². The largest absolute Gasteiger partial charge is 0.338 e. The average molecular weight is 342 g/mol. The molecule has 0 saturated heterocycles. The summed E-state index contributed by atoms with van der Waals surface area (Å²) in [6.07, 6.45) is 3.27. The van der Waals surface area contributed by atoms with Gasteiger partial charge in [-0.25, -0.2) is 14.5 Å². The van der Waals surface area contributed by atoms with Crippen LogP contribution in [0.25, 0.3) is 33.7 Å². The summed E-state index contributed by atoms with van der Waals surface area (Å²) in [5.74, 6) is -0.256. The van der Waals surface area contributed by atoms with Crippen molar-refractivity contribution in [2.45, 2.75) is 0 Å². The smallest absolute Gasteiger partial charge is 0.275 e. The van der Waals surface area contributed by atoms with Crippen molar-refractivity contribution in [1.82, 2.24) is 25.1 Å². The Kier molecular flexibility index (Phi) is 3.35. The minimum Gasteiger partial charge on any atom is -0.338 e. The third-order valence-corrected chi connectivity index (χ3v) is 3.85. The van der Waals surface area contributed by atoms with Crippen molar-refractivity contribution in [3.05, 3.63) is 63.9 Å². The molecule has 0 unspecified atom stereocenters. The molecule has 0 radical (unpaired) electrons. The predicted molar refractivity (Wildman–Crippen MR) is 88.1 cm³/mol. The van der Waals surface area contributed by atoms with E-state index in [2.05, 4.69) is 25.1 Å². The molecule has 1 aromatic carbocycles. The number of nitrogens with one attached hydrogen (secondary N) is 2. The van der Waals surface area contributed by atoms with E-state index >= 15 is 0 Å². The van der Waals surface area contributed by atoms with Gasteiger partial charge in [0.05, 0.1) is 27.3 Å². The van der Waals surface area contributed by atoms with Crippen molar-refractivity contribution in [1.29, 1.82) is 0 Å². The van der Waals surface area contributed by atoms with Crippen LogP contribution in [-0.2, 0) is 0 Å². The first kappa shape index (κ1) is 14.5. The summed E-state index contributed by atoms with van der Waals surface area (Å²) in [5, 5.41) is 6.46. The summed E-state index contributed by atoms with van der Waals surface area (Å²) in [6.45, 7) is 0. The molecule has 118 valence electrons. The molecule has 0 aliphatic heterocycles. The third-order valence-electron chi connectivity index (χ3n) is 3.56. The highest BCUT2D eigenvalue weighted by Gasteiger charge is 2.13. The summed E-state index contributed by atoms with van der Waals surface area (Å²) >= 11 is 5.77. The maximum Gasteiger partial charge on any atom is 0.275 e. The van der Waals surface area contributed by atoms with Crippen LogP contribution in [0.4, 0.5) is 4.39 Å². The monoisotopic (exact) mass is 341 g/mol. The van der Waals surface area contributed by atoms with Crippen molar-refractivity contribution >= 4 is 22.6 Å². The van der Waals surface area contributed by atoms with Crippen LogP contribution < -0.4 is 5.56 Å². The third kappa shape index (κ3) is 2.44. The second-order valence-corrected chi connectivity index (χ2v) is 5.51. The fourth-order valence-electron chi connectivity index (χ4n) is 2.38. The van der Waals surface area contributed by atoms with Crippen LogP contribution in [0.3, 0.4) is 0 Å². The molecule has 0 bridgehead atoms. The van der Waals surface area contributed by atoms with Gasteiger partial charge in [-0.15, -0.1) is 0 Å². The molecule has 6 nitrogen and oxygen atoms in total. The Bertz CT molecular complexity index is 1070. The molecular formula is C16H9ClFN5O. The zero-order valence-electron chi connectivity index (χ0n) is 12.0. The van der Waals surface area contributed by atoms with Gasteiger partial charge in [0, 0.05) is 24.0 Å². The number of hydrogen-bond donors (Lipinski definition) is 2. The molecule has 24 heavy (non-hydrogen) atoms. The number of imidazole rings is 1. The van der Waals surface area contributed by atoms with E-state index in [1.807, 2.05) is 0 Å². The van der Waals surface area contributed by atoms with E-state index in [0.717, 1.165) is 5.56 Å². The van der Waals surface area contributed by atoms with Crippen LogP contribution in [0.15, 0.2) is 47.5 Å². The number of halogens is 2. The number of aromatic nitrogens is 5.